The molecule has 1 atom stereocenters. The zero-order valence-electron chi connectivity index (χ0n) is 10.1. The molecule has 0 saturated carbocycles. The molecular weight excluding hydrogens is 307 g/mol. The topological polar surface area (TPSA) is 80.9 Å². The van der Waals surface area contributed by atoms with Gasteiger partial charge in [-0.1, -0.05) is 6.07 Å². The fraction of sp³-hybridized carbons (Fsp3) is 0.182. The minimum absolute atomic E-state index is 0. The van der Waals surface area contributed by atoms with Crippen LogP contribution < -0.4 is 11.1 Å². The second-order valence-corrected chi connectivity index (χ2v) is 4.39. The van der Waals surface area contributed by atoms with Crippen molar-refractivity contribution in [3.8, 4) is 11.4 Å². The Hall–Kier alpha value is -1.21. The van der Waals surface area contributed by atoms with Crippen LogP contribution in [0, 0.1) is 0 Å². The Bertz CT molecular complexity index is 518. The summed E-state index contributed by atoms with van der Waals surface area (Å²) < 4.78 is 0. The first kappa shape index (κ1) is 17.8. The van der Waals surface area contributed by atoms with E-state index in [-0.39, 0.29) is 30.7 Å². The van der Waals surface area contributed by atoms with Crippen LogP contribution in [0.2, 0.25) is 0 Å². The van der Waals surface area contributed by atoms with Gasteiger partial charge in [-0.05, 0) is 19.1 Å². The Labute approximate surface area is 127 Å². The molecule has 19 heavy (non-hydrogen) atoms. The SMILES string of the molecule is CC(N)C(=O)Nc1nc(-c2ccccn2)cs1.Cl.Cl. The number of pyridine rings is 1. The number of anilines is 1. The lowest BCUT2D eigenvalue weighted by Gasteiger charge is -2.03. The smallest absolute Gasteiger partial charge is 0.242 e. The van der Waals surface area contributed by atoms with Gasteiger partial charge in [-0.2, -0.15) is 0 Å². The summed E-state index contributed by atoms with van der Waals surface area (Å²) in [6.07, 6.45) is 1.70. The van der Waals surface area contributed by atoms with Crippen molar-refractivity contribution in [1.29, 1.82) is 0 Å². The van der Waals surface area contributed by atoms with Crippen LogP contribution in [-0.4, -0.2) is 21.9 Å². The maximum absolute atomic E-state index is 11.4. The first-order valence-corrected chi connectivity index (χ1v) is 5.98. The van der Waals surface area contributed by atoms with Crippen LogP contribution in [0.3, 0.4) is 0 Å². The number of hydrogen-bond acceptors (Lipinski definition) is 5. The molecular formula is C11H14Cl2N4OS. The molecule has 0 spiro atoms. The zero-order chi connectivity index (χ0) is 12.3. The summed E-state index contributed by atoms with van der Waals surface area (Å²) in [6.45, 7) is 1.63. The normalized spacial score (nSPS) is 10.8. The average molecular weight is 321 g/mol. The van der Waals surface area contributed by atoms with Crippen molar-refractivity contribution < 1.29 is 4.79 Å². The largest absolute Gasteiger partial charge is 0.320 e. The molecule has 104 valence electrons. The average Bonchev–Trinajstić information content (AvgIpc) is 2.78. The van der Waals surface area contributed by atoms with E-state index in [2.05, 4.69) is 15.3 Å². The van der Waals surface area contributed by atoms with Gasteiger partial charge in [-0.3, -0.25) is 9.78 Å². The van der Waals surface area contributed by atoms with E-state index in [1.54, 1.807) is 13.1 Å². The molecule has 0 aliphatic rings. The number of amides is 1. The lowest BCUT2D eigenvalue weighted by atomic mass is 10.3. The van der Waals surface area contributed by atoms with Gasteiger partial charge in [0.25, 0.3) is 0 Å². The predicted molar refractivity (Wildman–Crippen MR) is 82.1 cm³/mol. The van der Waals surface area contributed by atoms with Gasteiger partial charge < -0.3 is 11.1 Å². The lowest BCUT2D eigenvalue weighted by molar-refractivity contribution is -0.117. The minimum Gasteiger partial charge on any atom is -0.320 e. The third-order valence-electron chi connectivity index (χ3n) is 2.08. The van der Waals surface area contributed by atoms with E-state index in [1.165, 1.54) is 11.3 Å². The molecule has 0 fully saturated rings. The van der Waals surface area contributed by atoms with Crippen molar-refractivity contribution in [3.63, 3.8) is 0 Å². The van der Waals surface area contributed by atoms with E-state index in [0.717, 1.165) is 11.4 Å². The molecule has 2 aromatic rings. The molecule has 2 heterocycles. The van der Waals surface area contributed by atoms with Crippen LogP contribution in [0.15, 0.2) is 29.8 Å². The van der Waals surface area contributed by atoms with Gasteiger partial charge in [0, 0.05) is 11.6 Å². The molecule has 3 N–H and O–H groups in total. The zero-order valence-corrected chi connectivity index (χ0v) is 12.5. The minimum atomic E-state index is -0.544. The van der Waals surface area contributed by atoms with Crippen LogP contribution in [0.25, 0.3) is 11.4 Å². The second kappa shape index (κ2) is 8.06. The number of hydrogen-bond donors (Lipinski definition) is 2. The third-order valence-corrected chi connectivity index (χ3v) is 2.83. The van der Waals surface area contributed by atoms with Crippen molar-refractivity contribution in [3.05, 3.63) is 29.8 Å². The summed E-state index contributed by atoms with van der Waals surface area (Å²) in [6, 6.07) is 5.06. The standard InChI is InChI=1S/C11H12N4OS.2ClH/c1-7(12)10(16)15-11-14-9(6-17-11)8-4-2-3-5-13-8;;/h2-7H,12H2,1H3,(H,14,15,16);2*1H. The maximum atomic E-state index is 11.4. The second-order valence-electron chi connectivity index (χ2n) is 3.53. The molecule has 8 heteroatoms. The molecule has 0 saturated heterocycles. The summed E-state index contributed by atoms with van der Waals surface area (Å²) in [4.78, 5) is 19.8. The highest BCUT2D eigenvalue weighted by Crippen LogP contribution is 2.22. The summed E-state index contributed by atoms with van der Waals surface area (Å²) in [5.41, 5.74) is 6.98. The Morgan fingerprint density at radius 2 is 2.11 bits per heavy atom. The van der Waals surface area contributed by atoms with Gasteiger partial charge in [0.1, 0.15) is 5.69 Å². The summed E-state index contributed by atoms with van der Waals surface area (Å²) in [5, 5.41) is 5.03. The highest BCUT2D eigenvalue weighted by Gasteiger charge is 2.11. The van der Waals surface area contributed by atoms with Crippen LogP contribution in [0.4, 0.5) is 5.13 Å². The van der Waals surface area contributed by atoms with Crippen LogP contribution in [-0.2, 0) is 4.79 Å². The maximum Gasteiger partial charge on any atom is 0.242 e. The number of aromatic nitrogens is 2. The number of carbonyl (C=O) groups excluding carboxylic acids is 1. The van der Waals surface area contributed by atoms with Crippen molar-refractivity contribution in [2.45, 2.75) is 13.0 Å². The molecule has 1 amide bonds. The fourth-order valence-electron chi connectivity index (χ4n) is 1.18. The number of nitrogens with two attached hydrogens (primary N) is 1. The fourth-order valence-corrected chi connectivity index (χ4v) is 1.89. The van der Waals surface area contributed by atoms with E-state index >= 15 is 0 Å². The van der Waals surface area contributed by atoms with E-state index in [1.807, 2.05) is 23.6 Å². The monoisotopic (exact) mass is 320 g/mol. The summed E-state index contributed by atoms with van der Waals surface area (Å²) >= 11 is 1.35. The molecule has 0 aliphatic carbocycles. The number of nitrogens with zero attached hydrogens (tertiary/aromatic N) is 2. The molecule has 1 unspecified atom stereocenters. The first-order chi connectivity index (χ1) is 8.16. The Balaban J connectivity index is 0.00000162. The Kier molecular flexibility index (Phi) is 7.55. The third kappa shape index (κ3) is 4.76. The molecule has 2 rings (SSSR count). The lowest BCUT2D eigenvalue weighted by Crippen LogP contribution is -2.32. The van der Waals surface area contributed by atoms with Gasteiger partial charge in [0.05, 0.1) is 11.7 Å². The van der Waals surface area contributed by atoms with Gasteiger partial charge in [-0.15, -0.1) is 36.2 Å². The van der Waals surface area contributed by atoms with Gasteiger partial charge in [-0.25, -0.2) is 4.98 Å². The summed E-state index contributed by atoms with van der Waals surface area (Å²) in [5.74, 6) is -0.244. The number of nitrogens with one attached hydrogen (secondary N) is 1. The quantitative estimate of drug-likeness (QED) is 0.909. The van der Waals surface area contributed by atoms with Crippen LogP contribution in [0.5, 0.6) is 0 Å². The van der Waals surface area contributed by atoms with Crippen molar-refractivity contribution in [2.75, 3.05) is 5.32 Å². The van der Waals surface area contributed by atoms with Gasteiger partial charge in [0.15, 0.2) is 5.13 Å². The Morgan fingerprint density at radius 1 is 1.37 bits per heavy atom. The Morgan fingerprint density at radius 3 is 2.68 bits per heavy atom. The van der Waals surface area contributed by atoms with Crippen LogP contribution >= 0.6 is 36.2 Å². The van der Waals surface area contributed by atoms with E-state index in [9.17, 15) is 4.79 Å². The van der Waals surface area contributed by atoms with E-state index in [4.69, 9.17) is 5.73 Å². The highest BCUT2D eigenvalue weighted by molar-refractivity contribution is 7.14. The molecule has 0 aromatic carbocycles. The van der Waals surface area contributed by atoms with Crippen molar-refractivity contribution in [2.24, 2.45) is 5.73 Å². The molecule has 0 aliphatic heterocycles. The first-order valence-electron chi connectivity index (χ1n) is 5.10. The van der Waals surface area contributed by atoms with E-state index in [0.29, 0.717) is 5.13 Å². The van der Waals surface area contributed by atoms with Gasteiger partial charge in [0.2, 0.25) is 5.91 Å². The van der Waals surface area contributed by atoms with Crippen LogP contribution in [0.1, 0.15) is 6.92 Å². The molecule has 5 nitrogen and oxygen atoms in total. The highest BCUT2D eigenvalue weighted by atomic mass is 35.5. The summed E-state index contributed by atoms with van der Waals surface area (Å²) in [7, 11) is 0. The number of halogens is 2. The van der Waals surface area contributed by atoms with E-state index < -0.39 is 6.04 Å². The molecule has 0 bridgehead atoms. The number of carbonyl (C=O) groups is 1. The number of thiazole rings is 1. The molecule has 0 radical (unpaired) electrons. The van der Waals surface area contributed by atoms with Crippen molar-refractivity contribution in [1.82, 2.24) is 9.97 Å². The van der Waals surface area contributed by atoms with Crippen molar-refractivity contribution >= 4 is 47.2 Å². The van der Waals surface area contributed by atoms with Gasteiger partial charge >= 0.3 is 0 Å². The number of rotatable bonds is 3. The molecule has 2 aromatic heterocycles. The predicted octanol–water partition coefficient (Wildman–Crippen LogP) is 2.33.